The minimum Gasteiger partial charge on any atom is -0.294 e. The molecule has 1 atom stereocenters. The Balaban J connectivity index is 1.61. The lowest BCUT2D eigenvalue weighted by Crippen LogP contribution is -2.17. The Bertz CT molecular complexity index is 1500. The largest absolute Gasteiger partial charge is 0.294 e. The third-order valence-corrected chi connectivity index (χ3v) is 5.65. The maximum absolute atomic E-state index is 14.5. The number of fused-ring (bicyclic) bond motifs is 1. The smallest absolute Gasteiger partial charge is 0.232 e. The molecule has 0 aliphatic carbocycles. The topological polar surface area (TPSA) is 97.9 Å². The van der Waals surface area contributed by atoms with Gasteiger partial charge in [-0.3, -0.25) is 13.8 Å². The first-order chi connectivity index (χ1) is 16.0. The van der Waals surface area contributed by atoms with Gasteiger partial charge in [-0.1, -0.05) is 24.3 Å². The van der Waals surface area contributed by atoms with Gasteiger partial charge in [0.2, 0.25) is 11.3 Å². The van der Waals surface area contributed by atoms with Crippen molar-refractivity contribution in [1.29, 1.82) is 0 Å². The van der Waals surface area contributed by atoms with Gasteiger partial charge in [0, 0.05) is 24.4 Å². The lowest BCUT2D eigenvalue weighted by molar-refractivity contribution is 0.548. The fraction of sp³-hybridized carbons (Fsp3) is 0.0870. The van der Waals surface area contributed by atoms with E-state index in [1.165, 1.54) is 6.07 Å². The molecule has 0 fully saturated rings. The summed E-state index contributed by atoms with van der Waals surface area (Å²) in [6, 6.07) is 15.8. The van der Waals surface area contributed by atoms with Crippen molar-refractivity contribution in [3.63, 3.8) is 0 Å². The molecule has 0 saturated carbocycles. The van der Waals surface area contributed by atoms with Crippen molar-refractivity contribution in [3.8, 4) is 28.1 Å². The minimum atomic E-state index is -2.20. The van der Waals surface area contributed by atoms with E-state index >= 15 is 0 Å². The van der Waals surface area contributed by atoms with Gasteiger partial charge < -0.3 is 0 Å². The fourth-order valence-corrected chi connectivity index (χ4v) is 3.99. The van der Waals surface area contributed by atoms with Gasteiger partial charge in [0.25, 0.3) is 0 Å². The number of benzene rings is 2. The molecule has 10 heteroatoms. The van der Waals surface area contributed by atoms with Gasteiger partial charge in [0.1, 0.15) is 18.0 Å². The number of nitrogens with one attached hydrogen (secondary N) is 1. The van der Waals surface area contributed by atoms with E-state index in [1.807, 2.05) is 36.0 Å². The fourth-order valence-electron chi connectivity index (χ4n) is 3.72. The van der Waals surface area contributed by atoms with Crippen molar-refractivity contribution in [3.05, 3.63) is 84.8 Å². The maximum Gasteiger partial charge on any atom is 0.232 e. The van der Waals surface area contributed by atoms with Crippen molar-refractivity contribution >= 4 is 22.3 Å². The molecule has 8 nitrogen and oxygen atoms in total. The van der Waals surface area contributed by atoms with Gasteiger partial charge in [0.05, 0.1) is 29.5 Å². The second kappa shape index (κ2) is 8.66. The molecular weight excluding hydrogens is 443 g/mol. The van der Waals surface area contributed by atoms with Crippen molar-refractivity contribution in [1.82, 2.24) is 29.0 Å². The highest BCUT2D eigenvalue weighted by molar-refractivity contribution is 7.77. The highest BCUT2D eigenvalue weighted by atomic mass is 32.2. The van der Waals surface area contributed by atoms with E-state index in [4.69, 9.17) is 4.55 Å². The van der Waals surface area contributed by atoms with Crippen molar-refractivity contribution < 1.29 is 13.2 Å². The molecule has 3 aromatic heterocycles. The van der Waals surface area contributed by atoms with Gasteiger partial charge in [-0.25, -0.2) is 23.3 Å². The summed E-state index contributed by atoms with van der Waals surface area (Å²) in [5, 5.41) is 4.22. The van der Waals surface area contributed by atoms with Gasteiger partial charge in [-0.05, 0) is 41.5 Å². The first-order valence-electron chi connectivity index (χ1n) is 10.0. The third-order valence-electron chi connectivity index (χ3n) is 5.26. The number of pyridine rings is 1. The lowest BCUT2D eigenvalue weighted by Gasteiger charge is -2.11. The highest BCUT2D eigenvalue weighted by Gasteiger charge is 2.13. The Hall–Kier alpha value is -3.73. The molecular formula is C23H19FN6O2S. The van der Waals surface area contributed by atoms with E-state index in [1.54, 1.807) is 47.5 Å². The number of aryl methyl sites for hydroxylation is 1. The van der Waals surface area contributed by atoms with Crippen molar-refractivity contribution in [2.24, 2.45) is 7.05 Å². The molecule has 0 saturated heterocycles. The summed E-state index contributed by atoms with van der Waals surface area (Å²) < 4.78 is 40.7. The molecule has 166 valence electrons. The number of hydrogen-bond acceptors (Lipinski definition) is 4. The number of hydrogen-bond donors (Lipinski definition) is 2. The summed E-state index contributed by atoms with van der Waals surface area (Å²) >= 11 is -2.20. The monoisotopic (exact) mass is 462 g/mol. The molecule has 0 spiro atoms. The molecule has 3 heterocycles. The van der Waals surface area contributed by atoms with E-state index < -0.39 is 11.3 Å². The number of aromatic nitrogens is 5. The standard InChI is InChI=1S/C23H19FN6O2S/c1-29-13-17(11-26-29)15-6-7-22-21(9-15)25-14-30(22)23-10-16(19-4-2-3-5-20(19)24)8-18(28-23)12-27-33(31)32/h2-11,13-14,27H,12H2,1H3,(H,31,32). The van der Waals surface area contributed by atoms with Crippen LogP contribution in [0.4, 0.5) is 4.39 Å². The van der Waals surface area contributed by atoms with Crippen LogP contribution >= 0.6 is 0 Å². The molecule has 5 aromatic rings. The van der Waals surface area contributed by atoms with Crippen LogP contribution in [-0.4, -0.2) is 33.1 Å². The second-order valence-electron chi connectivity index (χ2n) is 7.48. The molecule has 0 bridgehead atoms. The molecule has 2 aromatic carbocycles. The van der Waals surface area contributed by atoms with Gasteiger partial charge in [-0.2, -0.15) is 5.10 Å². The van der Waals surface area contributed by atoms with Crippen LogP contribution in [0.3, 0.4) is 0 Å². The van der Waals surface area contributed by atoms with Crippen LogP contribution in [0.5, 0.6) is 0 Å². The quantitative estimate of drug-likeness (QED) is 0.374. The van der Waals surface area contributed by atoms with E-state index in [0.29, 0.717) is 22.6 Å². The molecule has 0 aliphatic heterocycles. The SMILES string of the molecule is Cn1cc(-c2ccc3c(c2)ncn3-c2cc(-c3ccccc3F)cc(CNS(=O)O)n2)cn1. The minimum absolute atomic E-state index is 0.0379. The van der Waals surface area contributed by atoms with Crippen LogP contribution in [0.15, 0.2) is 73.3 Å². The van der Waals surface area contributed by atoms with E-state index in [-0.39, 0.29) is 12.4 Å². The number of rotatable bonds is 6. The van der Waals surface area contributed by atoms with Crippen molar-refractivity contribution in [2.75, 3.05) is 0 Å². The molecule has 33 heavy (non-hydrogen) atoms. The molecule has 1 unspecified atom stereocenters. The summed E-state index contributed by atoms with van der Waals surface area (Å²) in [5.74, 6) is 0.156. The summed E-state index contributed by atoms with van der Waals surface area (Å²) in [6.45, 7) is 0.0379. The first kappa shape index (κ1) is 21.1. The van der Waals surface area contributed by atoms with Crippen molar-refractivity contribution in [2.45, 2.75) is 6.54 Å². The number of halogens is 1. The Labute approximate surface area is 191 Å². The second-order valence-corrected chi connectivity index (χ2v) is 8.26. The van der Waals surface area contributed by atoms with Gasteiger partial charge >= 0.3 is 0 Å². The van der Waals surface area contributed by atoms with Crippen LogP contribution in [0, 0.1) is 5.82 Å². The zero-order chi connectivity index (χ0) is 22.9. The predicted octanol–water partition coefficient (Wildman–Crippen LogP) is 3.85. The average molecular weight is 463 g/mol. The average Bonchev–Trinajstić information content (AvgIpc) is 3.43. The molecule has 5 rings (SSSR count). The van der Waals surface area contributed by atoms with E-state index in [2.05, 4.69) is 19.8 Å². The zero-order valence-electron chi connectivity index (χ0n) is 17.5. The van der Waals surface area contributed by atoms with E-state index in [0.717, 1.165) is 22.2 Å². The summed E-state index contributed by atoms with van der Waals surface area (Å²) in [6.07, 6.45) is 5.39. The highest BCUT2D eigenvalue weighted by Crippen LogP contribution is 2.28. The number of imidazole rings is 1. The van der Waals surface area contributed by atoms with Crippen LogP contribution in [0.2, 0.25) is 0 Å². The summed E-state index contributed by atoms with van der Waals surface area (Å²) in [7, 11) is 1.86. The van der Waals surface area contributed by atoms with Crippen LogP contribution in [0.1, 0.15) is 5.69 Å². The van der Waals surface area contributed by atoms with Crippen LogP contribution < -0.4 is 4.72 Å². The Morgan fingerprint density at radius 2 is 1.94 bits per heavy atom. The normalized spacial score (nSPS) is 12.3. The lowest BCUT2D eigenvalue weighted by atomic mass is 10.0. The van der Waals surface area contributed by atoms with Crippen LogP contribution in [-0.2, 0) is 24.9 Å². The van der Waals surface area contributed by atoms with Gasteiger partial charge in [-0.15, -0.1) is 0 Å². The Morgan fingerprint density at radius 3 is 2.70 bits per heavy atom. The predicted molar refractivity (Wildman–Crippen MR) is 124 cm³/mol. The van der Waals surface area contributed by atoms with Crippen LogP contribution in [0.25, 0.3) is 39.1 Å². The summed E-state index contributed by atoms with van der Waals surface area (Å²) in [5.41, 5.74) is 5.07. The zero-order valence-corrected chi connectivity index (χ0v) is 18.3. The maximum atomic E-state index is 14.5. The summed E-state index contributed by atoms with van der Waals surface area (Å²) in [4.78, 5) is 9.15. The molecule has 2 N–H and O–H groups in total. The van der Waals surface area contributed by atoms with E-state index in [9.17, 15) is 8.60 Å². The molecule has 0 aliphatic rings. The molecule has 0 amide bonds. The van der Waals surface area contributed by atoms with Gasteiger partial charge in [0.15, 0.2) is 0 Å². The first-order valence-corrected chi connectivity index (χ1v) is 11.2. The Morgan fingerprint density at radius 1 is 1.09 bits per heavy atom. The number of nitrogens with zero attached hydrogens (tertiary/aromatic N) is 5. The Kier molecular flexibility index (Phi) is 5.55. The third kappa shape index (κ3) is 4.31. The molecule has 0 radical (unpaired) electrons.